The summed E-state index contributed by atoms with van der Waals surface area (Å²) in [5, 5.41) is -0.0200. The van der Waals surface area contributed by atoms with Crippen molar-refractivity contribution in [3.8, 4) is 0 Å². The van der Waals surface area contributed by atoms with Crippen LogP contribution in [0.4, 0.5) is 10.1 Å². The van der Waals surface area contributed by atoms with E-state index < -0.39 is 23.5 Å². The van der Waals surface area contributed by atoms with E-state index in [4.69, 9.17) is 17.4 Å². The molecule has 0 radical (unpaired) electrons. The number of hydrazine groups is 1. The van der Waals surface area contributed by atoms with Crippen LogP contribution >= 0.6 is 11.6 Å². The number of ketones is 1. The van der Waals surface area contributed by atoms with Crippen molar-refractivity contribution in [3.05, 3.63) is 28.5 Å². The number of nitrogens with zero attached hydrogens (tertiary/aromatic N) is 1. The summed E-state index contributed by atoms with van der Waals surface area (Å²) in [6.07, 6.45) is -0.269. The van der Waals surface area contributed by atoms with Gasteiger partial charge in [0.15, 0.2) is 0 Å². The minimum atomic E-state index is -0.944. The average molecular weight is 302 g/mol. The van der Waals surface area contributed by atoms with Crippen LogP contribution in [-0.2, 0) is 14.4 Å². The number of rotatable bonds is 4. The number of carbonyl (C=O) groups is 3. The van der Waals surface area contributed by atoms with Gasteiger partial charge in [-0.2, -0.15) is 0 Å². The molecule has 1 amide bonds. The number of benzene rings is 1. The lowest BCUT2D eigenvalue weighted by Gasteiger charge is -2.16. The standard InChI is InChI=1S/C11H9ClFN3O4/c12-5-1-2-6(13)9-8(5)10(18)11(19)16(9)4-3-7(17)20-15-14/h1-2,15H,3-4,14H2. The smallest absolute Gasteiger partial charge is 0.328 e. The first-order chi connectivity index (χ1) is 9.47. The van der Waals surface area contributed by atoms with E-state index in [1.807, 2.05) is 0 Å². The Morgan fingerprint density at radius 2 is 2.15 bits per heavy atom. The molecule has 0 fully saturated rings. The molecule has 1 aliphatic rings. The highest BCUT2D eigenvalue weighted by Gasteiger charge is 2.39. The lowest BCUT2D eigenvalue weighted by molar-refractivity contribution is -0.151. The van der Waals surface area contributed by atoms with Crippen LogP contribution in [-0.4, -0.2) is 24.2 Å². The van der Waals surface area contributed by atoms with Gasteiger partial charge in [-0.15, -0.1) is 0 Å². The van der Waals surface area contributed by atoms with Gasteiger partial charge in [0, 0.05) is 6.54 Å². The minimum Gasteiger partial charge on any atom is -0.356 e. The highest BCUT2D eigenvalue weighted by molar-refractivity contribution is 6.55. The summed E-state index contributed by atoms with van der Waals surface area (Å²) >= 11 is 5.79. The molecule has 0 saturated heterocycles. The summed E-state index contributed by atoms with van der Waals surface area (Å²) in [5.74, 6) is 1.40. The van der Waals surface area contributed by atoms with E-state index in [0.29, 0.717) is 0 Å². The first kappa shape index (κ1) is 14.4. The fourth-order valence-corrected chi connectivity index (χ4v) is 2.12. The van der Waals surface area contributed by atoms with E-state index in [0.717, 1.165) is 11.0 Å². The Hall–Kier alpha value is -2.03. The van der Waals surface area contributed by atoms with Gasteiger partial charge in [0.1, 0.15) is 5.82 Å². The number of Topliss-reactive ketones (excluding diaryl/α,β-unsaturated/α-hetero) is 1. The molecule has 9 heteroatoms. The van der Waals surface area contributed by atoms with Gasteiger partial charge >= 0.3 is 5.97 Å². The molecule has 7 nitrogen and oxygen atoms in total. The number of amides is 1. The molecule has 0 unspecified atom stereocenters. The lowest BCUT2D eigenvalue weighted by atomic mass is 10.1. The van der Waals surface area contributed by atoms with Crippen molar-refractivity contribution < 1.29 is 23.6 Å². The second-order valence-corrected chi connectivity index (χ2v) is 4.29. The third-order valence-corrected chi connectivity index (χ3v) is 3.04. The molecule has 3 N–H and O–H groups in total. The Kier molecular flexibility index (Phi) is 3.98. The van der Waals surface area contributed by atoms with Gasteiger partial charge in [0.25, 0.3) is 11.7 Å². The summed E-state index contributed by atoms with van der Waals surface area (Å²) in [7, 11) is 0. The van der Waals surface area contributed by atoms with E-state index in [9.17, 15) is 18.8 Å². The van der Waals surface area contributed by atoms with Gasteiger partial charge in [-0.25, -0.2) is 10.2 Å². The minimum absolute atomic E-state index is 0.0200. The van der Waals surface area contributed by atoms with Gasteiger partial charge in [0.2, 0.25) is 0 Å². The molecule has 0 aliphatic carbocycles. The van der Waals surface area contributed by atoms with Crippen molar-refractivity contribution in [1.82, 2.24) is 5.59 Å². The normalized spacial score (nSPS) is 13.7. The fraction of sp³-hybridized carbons (Fsp3) is 0.182. The highest BCUT2D eigenvalue weighted by atomic mass is 35.5. The molecule has 1 aromatic rings. The van der Waals surface area contributed by atoms with Crippen molar-refractivity contribution in [2.45, 2.75) is 6.42 Å². The maximum absolute atomic E-state index is 13.8. The first-order valence-electron chi connectivity index (χ1n) is 5.46. The Labute approximate surface area is 117 Å². The molecule has 1 aliphatic heterocycles. The topological polar surface area (TPSA) is 102 Å². The number of hydrogen-bond acceptors (Lipinski definition) is 6. The molecule has 0 aromatic heterocycles. The zero-order valence-corrected chi connectivity index (χ0v) is 10.7. The predicted molar refractivity (Wildman–Crippen MR) is 66.1 cm³/mol. The Morgan fingerprint density at radius 3 is 2.80 bits per heavy atom. The SMILES string of the molecule is NNOC(=O)CCN1C(=O)C(=O)c2c(Cl)ccc(F)c21. The Bertz CT molecular complexity index is 608. The second-order valence-electron chi connectivity index (χ2n) is 3.88. The van der Waals surface area contributed by atoms with Gasteiger partial charge < -0.3 is 9.74 Å². The molecule has 1 aromatic carbocycles. The van der Waals surface area contributed by atoms with Crippen LogP contribution < -0.4 is 16.3 Å². The number of halogens is 2. The highest BCUT2D eigenvalue weighted by Crippen LogP contribution is 2.36. The van der Waals surface area contributed by atoms with E-state index >= 15 is 0 Å². The van der Waals surface area contributed by atoms with Crippen LogP contribution in [0.1, 0.15) is 16.8 Å². The van der Waals surface area contributed by atoms with E-state index in [2.05, 4.69) is 4.84 Å². The largest absolute Gasteiger partial charge is 0.356 e. The molecular weight excluding hydrogens is 293 g/mol. The van der Waals surface area contributed by atoms with Crippen LogP contribution in [0.2, 0.25) is 5.02 Å². The zero-order chi connectivity index (χ0) is 14.9. The Morgan fingerprint density at radius 1 is 1.45 bits per heavy atom. The van der Waals surface area contributed by atoms with Gasteiger partial charge in [-0.3, -0.25) is 14.4 Å². The number of fused-ring (bicyclic) bond motifs is 1. The van der Waals surface area contributed by atoms with Gasteiger partial charge in [-0.05, 0) is 12.1 Å². The molecule has 1 heterocycles. The van der Waals surface area contributed by atoms with Gasteiger partial charge in [0.05, 0.1) is 22.7 Å². The molecule has 20 heavy (non-hydrogen) atoms. The van der Waals surface area contributed by atoms with Crippen LogP contribution in [0.15, 0.2) is 12.1 Å². The fourth-order valence-electron chi connectivity index (χ4n) is 1.89. The molecule has 0 spiro atoms. The number of hydrogen-bond donors (Lipinski definition) is 2. The average Bonchev–Trinajstić information content (AvgIpc) is 2.66. The summed E-state index contributed by atoms with van der Waals surface area (Å²) in [6.45, 7) is -0.227. The number of anilines is 1. The molecule has 0 saturated carbocycles. The number of nitrogens with two attached hydrogens (primary N) is 1. The van der Waals surface area contributed by atoms with E-state index in [1.54, 1.807) is 5.59 Å². The molecule has 2 rings (SSSR count). The van der Waals surface area contributed by atoms with Crippen LogP contribution in [0.3, 0.4) is 0 Å². The van der Waals surface area contributed by atoms with E-state index in [1.165, 1.54) is 6.07 Å². The lowest BCUT2D eigenvalue weighted by Crippen LogP contribution is -2.34. The van der Waals surface area contributed by atoms with Crippen molar-refractivity contribution >= 4 is 34.9 Å². The second kappa shape index (κ2) is 5.53. The predicted octanol–water partition coefficient (Wildman–Crippen LogP) is 0.320. The van der Waals surface area contributed by atoms with Crippen LogP contribution in [0.25, 0.3) is 0 Å². The third-order valence-electron chi connectivity index (χ3n) is 2.73. The number of carbonyl (C=O) groups excluding carboxylic acids is 3. The monoisotopic (exact) mass is 301 g/mol. The van der Waals surface area contributed by atoms with E-state index in [-0.39, 0.29) is 29.2 Å². The third kappa shape index (κ3) is 2.36. The van der Waals surface area contributed by atoms with Gasteiger partial charge in [-0.1, -0.05) is 17.2 Å². The summed E-state index contributed by atoms with van der Waals surface area (Å²) in [4.78, 5) is 39.8. The summed E-state index contributed by atoms with van der Waals surface area (Å²) in [6, 6.07) is 2.23. The summed E-state index contributed by atoms with van der Waals surface area (Å²) in [5.41, 5.74) is 1.27. The molecule has 0 atom stereocenters. The van der Waals surface area contributed by atoms with Crippen molar-refractivity contribution in [2.75, 3.05) is 11.4 Å². The quantitative estimate of drug-likeness (QED) is 0.472. The van der Waals surface area contributed by atoms with Crippen molar-refractivity contribution in [1.29, 1.82) is 0 Å². The maximum Gasteiger partial charge on any atom is 0.328 e. The Balaban J connectivity index is 2.29. The van der Waals surface area contributed by atoms with Crippen LogP contribution in [0.5, 0.6) is 0 Å². The summed E-state index contributed by atoms with van der Waals surface area (Å²) < 4.78 is 13.8. The number of nitrogens with one attached hydrogen (secondary N) is 1. The molecule has 0 bridgehead atoms. The van der Waals surface area contributed by atoms with Crippen molar-refractivity contribution in [2.24, 2.45) is 5.84 Å². The molecule has 106 valence electrons. The van der Waals surface area contributed by atoms with Crippen molar-refractivity contribution in [3.63, 3.8) is 0 Å². The molecular formula is C11H9ClFN3O4. The van der Waals surface area contributed by atoms with Crippen LogP contribution in [0, 0.1) is 5.82 Å². The maximum atomic E-state index is 13.8. The first-order valence-corrected chi connectivity index (χ1v) is 5.84. The zero-order valence-electron chi connectivity index (χ0n) is 9.98.